The summed E-state index contributed by atoms with van der Waals surface area (Å²) < 4.78 is 42.1. The van der Waals surface area contributed by atoms with Gasteiger partial charge in [0, 0.05) is 6.26 Å². The number of nitrogens with zero attached hydrogens (tertiary/aromatic N) is 1. The van der Waals surface area contributed by atoms with Gasteiger partial charge in [0.2, 0.25) is 0 Å². The first-order chi connectivity index (χ1) is 9.84. The topological polar surface area (TPSA) is 93.2 Å². The Morgan fingerprint density at radius 3 is 2.43 bits per heavy atom. The van der Waals surface area contributed by atoms with Crippen molar-refractivity contribution >= 4 is 15.5 Å². The van der Waals surface area contributed by atoms with Gasteiger partial charge in [-0.3, -0.25) is 0 Å². The van der Waals surface area contributed by atoms with E-state index in [1.54, 1.807) is 6.07 Å². The number of ether oxygens (including phenoxy) is 1. The van der Waals surface area contributed by atoms with Crippen LogP contribution in [-0.4, -0.2) is 14.7 Å². The Hall–Kier alpha value is -2.59. The second-order valence-electron chi connectivity index (χ2n) is 4.27. The van der Waals surface area contributed by atoms with Gasteiger partial charge in [-0.15, -0.1) is 0 Å². The molecule has 0 aliphatic rings. The number of nitriles is 1. The summed E-state index contributed by atoms with van der Waals surface area (Å²) in [6.07, 6.45) is 1.02. The number of nitrogen functional groups attached to an aromatic ring is 1. The average Bonchev–Trinajstić information content (AvgIpc) is 2.40. The fourth-order valence-corrected chi connectivity index (χ4v) is 2.58. The Balaban J connectivity index is 2.52. The zero-order valence-electron chi connectivity index (χ0n) is 11.0. The summed E-state index contributed by atoms with van der Waals surface area (Å²) in [6.45, 7) is 0. The molecule has 0 aliphatic heterocycles. The smallest absolute Gasteiger partial charge is 0.177 e. The molecule has 21 heavy (non-hydrogen) atoms. The highest BCUT2D eigenvalue weighted by molar-refractivity contribution is 7.90. The first-order valence-electron chi connectivity index (χ1n) is 5.79. The SMILES string of the molecule is CS(=O)(=O)c1cccc(Oc2cccc(F)c2C#N)c1N. The van der Waals surface area contributed by atoms with Crippen LogP contribution in [-0.2, 0) is 9.84 Å². The molecular weight excluding hydrogens is 295 g/mol. The molecule has 5 nitrogen and oxygen atoms in total. The highest BCUT2D eigenvalue weighted by Gasteiger charge is 2.17. The predicted octanol–water partition coefficient (Wildman–Crippen LogP) is 2.48. The van der Waals surface area contributed by atoms with Crippen LogP contribution in [0.25, 0.3) is 0 Å². The summed E-state index contributed by atoms with van der Waals surface area (Å²) in [7, 11) is -3.52. The van der Waals surface area contributed by atoms with E-state index in [1.165, 1.54) is 30.3 Å². The van der Waals surface area contributed by atoms with Gasteiger partial charge in [-0.1, -0.05) is 12.1 Å². The van der Waals surface area contributed by atoms with E-state index >= 15 is 0 Å². The molecule has 2 rings (SSSR count). The highest BCUT2D eigenvalue weighted by atomic mass is 32.2. The molecule has 0 aliphatic carbocycles. The van der Waals surface area contributed by atoms with Crippen molar-refractivity contribution in [1.82, 2.24) is 0 Å². The Morgan fingerprint density at radius 2 is 1.81 bits per heavy atom. The van der Waals surface area contributed by atoms with Crippen molar-refractivity contribution in [3.63, 3.8) is 0 Å². The number of sulfone groups is 1. The number of para-hydroxylation sites is 1. The summed E-state index contributed by atoms with van der Waals surface area (Å²) >= 11 is 0. The molecule has 108 valence electrons. The molecule has 0 heterocycles. The van der Waals surface area contributed by atoms with Gasteiger partial charge in [0.25, 0.3) is 0 Å². The molecule has 2 N–H and O–H groups in total. The maximum Gasteiger partial charge on any atom is 0.177 e. The van der Waals surface area contributed by atoms with Crippen LogP contribution in [0.1, 0.15) is 5.56 Å². The molecule has 2 aromatic rings. The van der Waals surface area contributed by atoms with Crippen LogP contribution < -0.4 is 10.5 Å². The summed E-state index contributed by atoms with van der Waals surface area (Å²) in [6, 6.07) is 9.82. The van der Waals surface area contributed by atoms with E-state index in [0.29, 0.717) is 0 Å². The lowest BCUT2D eigenvalue weighted by molar-refractivity contribution is 0.475. The van der Waals surface area contributed by atoms with Gasteiger partial charge >= 0.3 is 0 Å². The number of hydrogen-bond acceptors (Lipinski definition) is 5. The lowest BCUT2D eigenvalue weighted by Crippen LogP contribution is -2.04. The van der Waals surface area contributed by atoms with E-state index in [-0.39, 0.29) is 27.6 Å². The minimum atomic E-state index is -3.52. The van der Waals surface area contributed by atoms with Crippen LogP contribution in [0.4, 0.5) is 10.1 Å². The lowest BCUT2D eigenvalue weighted by Gasteiger charge is -2.12. The first kappa shape index (κ1) is 14.8. The van der Waals surface area contributed by atoms with Crippen LogP contribution in [0.2, 0.25) is 0 Å². The van der Waals surface area contributed by atoms with E-state index in [4.69, 9.17) is 15.7 Å². The number of nitrogens with two attached hydrogens (primary N) is 1. The van der Waals surface area contributed by atoms with Gasteiger partial charge in [-0.2, -0.15) is 5.26 Å². The standard InChI is InChI=1S/C14H11FN2O3S/c1-21(18,19)13-7-3-6-12(14(13)17)20-11-5-2-4-10(15)9(11)8-16/h2-7H,17H2,1H3. The van der Waals surface area contributed by atoms with Gasteiger partial charge in [0.05, 0.1) is 10.6 Å². The highest BCUT2D eigenvalue weighted by Crippen LogP contribution is 2.34. The van der Waals surface area contributed by atoms with Crippen LogP contribution >= 0.6 is 0 Å². The normalized spacial score (nSPS) is 10.9. The number of benzene rings is 2. The third kappa shape index (κ3) is 2.95. The zero-order chi connectivity index (χ0) is 15.6. The fraction of sp³-hybridized carbons (Fsp3) is 0.0714. The van der Waals surface area contributed by atoms with Crippen LogP contribution in [0.15, 0.2) is 41.3 Å². The van der Waals surface area contributed by atoms with Crippen LogP contribution in [0.5, 0.6) is 11.5 Å². The van der Waals surface area contributed by atoms with E-state index in [1.807, 2.05) is 0 Å². The average molecular weight is 306 g/mol. The number of anilines is 1. The Bertz CT molecular complexity index is 842. The van der Waals surface area contributed by atoms with Crippen LogP contribution in [0, 0.1) is 17.1 Å². The second-order valence-corrected chi connectivity index (χ2v) is 6.25. The van der Waals surface area contributed by atoms with E-state index in [2.05, 4.69) is 0 Å². The summed E-state index contributed by atoms with van der Waals surface area (Å²) in [5.74, 6) is -0.720. The summed E-state index contributed by atoms with van der Waals surface area (Å²) in [5, 5.41) is 8.93. The van der Waals surface area contributed by atoms with Gasteiger partial charge in [-0.05, 0) is 24.3 Å². The van der Waals surface area contributed by atoms with E-state index in [0.717, 1.165) is 12.3 Å². The lowest BCUT2D eigenvalue weighted by atomic mass is 10.2. The molecule has 2 aromatic carbocycles. The molecule has 0 saturated carbocycles. The first-order valence-corrected chi connectivity index (χ1v) is 7.68. The molecule has 0 radical (unpaired) electrons. The molecule has 0 saturated heterocycles. The molecule has 0 atom stereocenters. The third-order valence-corrected chi connectivity index (χ3v) is 3.89. The predicted molar refractivity (Wildman–Crippen MR) is 75.2 cm³/mol. The van der Waals surface area contributed by atoms with Crippen LogP contribution in [0.3, 0.4) is 0 Å². The van der Waals surface area contributed by atoms with Crippen molar-refractivity contribution in [2.75, 3.05) is 12.0 Å². The largest absolute Gasteiger partial charge is 0.454 e. The quantitative estimate of drug-likeness (QED) is 0.879. The monoisotopic (exact) mass is 306 g/mol. The van der Waals surface area contributed by atoms with Gasteiger partial charge in [0.15, 0.2) is 15.6 Å². The molecule has 0 unspecified atom stereocenters. The minimum absolute atomic E-state index is 0.0325. The number of rotatable bonds is 3. The van der Waals surface area contributed by atoms with Gasteiger partial charge in [0.1, 0.15) is 23.2 Å². The second kappa shape index (κ2) is 5.42. The molecular formula is C14H11FN2O3S. The Morgan fingerprint density at radius 1 is 1.19 bits per heavy atom. The Labute approximate surface area is 121 Å². The molecule has 0 amide bonds. The number of hydrogen-bond donors (Lipinski definition) is 1. The van der Waals surface area contributed by atoms with Crippen molar-refractivity contribution in [3.8, 4) is 17.6 Å². The molecule has 0 spiro atoms. The van der Waals surface area contributed by atoms with Crippen molar-refractivity contribution in [1.29, 1.82) is 5.26 Å². The molecule has 0 aromatic heterocycles. The van der Waals surface area contributed by atoms with Crippen molar-refractivity contribution in [3.05, 3.63) is 47.8 Å². The zero-order valence-corrected chi connectivity index (χ0v) is 11.8. The third-order valence-electron chi connectivity index (χ3n) is 2.73. The Kier molecular flexibility index (Phi) is 3.82. The van der Waals surface area contributed by atoms with Crippen molar-refractivity contribution in [2.24, 2.45) is 0 Å². The maximum atomic E-state index is 13.5. The van der Waals surface area contributed by atoms with Crippen molar-refractivity contribution in [2.45, 2.75) is 4.90 Å². The summed E-state index contributed by atoms with van der Waals surface area (Å²) in [5.41, 5.74) is 5.40. The summed E-state index contributed by atoms with van der Waals surface area (Å²) in [4.78, 5) is -0.0880. The van der Waals surface area contributed by atoms with E-state index in [9.17, 15) is 12.8 Å². The van der Waals surface area contributed by atoms with Crippen molar-refractivity contribution < 1.29 is 17.5 Å². The maximum absolute atomic E-state index is 13.5. The molecule has 0 fully saturated rings. The minimum Gasteiger partial charge on any atom is -0.454 e. The molecule has 7 heteroatoms. The van der Waals surface area contributed by atoms with E-state index < -0.39 is 15.7 Å². The van der Waals surface area contributed by atoms with Gasteiger partial charge in [-0.25, -0.2) is 12.8 Å². The molecule has 0 bridgehead atoms. The fourth-order valence-electron chi connectivity index (χ4n) is 1.75. The van der Waals surface area contributed by atoms with Gasteiger partial charge < -0.3 is 10.5 Å². The number of halogens is 1.